The van der Waals surface area contributed by atoms with Crippen LogP contribution in [0.4, 0.5) is 0 Å². The highest BCUT2D eigenvalue weighted by atomic mass is 15.3. The van der Waals surface area contributed by atoms with Crippen LogP contribution in [0, 0.1) is 0 Å². The first-order valence-corrected chi connectivity index (χ1v) is 7.80. The zero-order valence-electron chi connectivity index (χ0n) is 12.6. The van der Waals surface area contributed by atoms with Crippen LogP contribution in [-0.4, -0.2) is 43.1 Å². The third-order valence-corrected chi connectivity index (χ3v) is 3.88. The number of nitrogens with two attached hydrogens (primary N) is 1. The molecule has 112 valence electrons. The number of nitrogens with one attached hydrogen (secondary N) is 2. The van der Waals surface area contributed by atoms with Crippen molar-refractivity contribution in [2.45, 2.75) is 58.4 Å². The van der Waals surface area contributed by atoms with Crippen molar-refractivity contribution in [3.8, 4) is 0 Å². The van der Waals surface area contributed by atoms with E-state index in [1.165, 1.54) is 32.1 Å². The van der Waals surface area contributed by atoms with Crippen molar-refractivity contribution in [2.24, 2.45) is 10.8 Å². The van der Waals surface area contributed by atoms with Gasteiger partial charge in [-0.25, -0.2) is 5.84 Å². The Morgan fingerprint density at radius 3 is 2.47 bits per heavy atom. The maximum absolute atomic E-state index is 5.53. The first-order valence-electron chi connectivity index (χ1n) is 7.80. The lowest BCUT2D eigenvalue weighted by Gasteiger charge is -2.24. The minimum Gasteiger partial charge on any atom is -0.353 e. The van der Waals surface area contributed by atoms with Gasteiger partial charge in [0, 0.05) is 12.6 Å². The van der Waals surface area contributed by atoms with Gasteiger partial charge in [0.25, 0.3) is 0 Å². The van der Waals surface area contributed by atoms with Gasteiger partial charge in [-0.3, -0.25) is 10.4 Å². The predicted molar refractivity (Wildman–Crippen MR) is 82.0 cm³/mol. The molecule has 0 aliphatic heterocycles. The molecule has 1 fully saturated rings. The van der Waals surface area contributed by atoms with E-state index < -0.39 is 0 Å². The Balaban J connectivity index is 2.23. The average Bonchev–Trinajstić information content (AvgIpc) is 2.47. The second kappa shape index (κ2) is 10.0. The van der Waals surface area contributed by atoms with Crippen LogP contribution in [0.2, 0.25) is 0 Å². The van der Waals surface area contributed by atoms with Gasteiger partial charge in [-0.1, -0.05) is 33.1 Å². The van der Waals surface area contributed by atoms with E-state index in [9.17, 15) is 0 Å². The number of rotatable bonds is 7. The normalized spacial score (nSPS) is 17.8. The summed E-state index contributed by atoms with van der Waals surface area (Å²) in [4.78, 5) is 6.94. The molecule has 0 radical (unpaired) electrons. The third-order valence-electron chi connectivity index (χ3n) is 3.88. The molecule has 5 heteroatoms. The van der Waals surface area contributed by atoms with Gasteiger partial charge < -0.3 is 10.2 Å². The Morgan fingerprint density at radius 2 is 1.89 bits per heavy atom. The Morgan fingerprint density at radius 1 is 1.21 bits per heavy atom. The van der Waals surface area contributed by atoms with Gasteiger partial charge in [-0.15, -0.1) is 0 Å². The molecule has 19 heavy (non-hydrogen) atoms. The molecule has 0 saturated heterocycles. The van der Waals surface area contributed by atoms with E-state index in [-0.39, 0.29) is 0 Å². The molecule has 1 saturated carbocycles. The summed E-state index contributed by atoms with van der Waals surface area (Å²) in [6, 6.07) is 0.548. The topological polar surface area (TPSA) is 65.7 Å². The molecule has 0 atom stereocenters. The fourth-order valence-corrected chi connectivity index (χ4v) is 2.60. The molecule has 0 aromatic rings. The summed E-state index contributed by atoms with van der Waals surface area (Å²) in [7, 11) is 0. The summed E-state index contributed by atoms with van der Waals surface area (Å²) in [6.45, 7) is 8.56. The minimum atomic E-state index is 0.548. The van der Waals surface area contributed by atoms with Crippen molar-refractivity contribution in [3.63, 3.8) is 0 Å². The quantitative estimate of drug-likeness (QED) is 0.215. The second-order valence-electron chi connectivity index (χ2n) is 5.23. The lowest BCUT2D eigenvalue weighted by atomic mass is 9.96. The van der Waals surface area contributed by atoms with E-state index in [2.05, 4.69) is 34.5 Å². The zero-order chi connectivity index (χ0) is 13.9. The van der Waals surface area contributed by atoms with Crippen molar-refractivity contribution in [1.82, 2.24) is 15.6 Å². The lowest BCUT2D eigenvalue weighted by molar-refractivity contribution is 0.302. The van der Waals surface area contributed by atoms with Crippen LogP contribution in [0.3, 0.4) is 0 Å². The number of hydrogen-bond donors (Lipinski definition) is 3. The molecule has 0 spiro atoms. The van der Waals surface area contributed by atoms with E-state index in [1.54, 1.807) is 0 Å². The fraction of sp³-hybridized carbons (Fsp3) is 0.929. The van der Waals surface area contributed by atoms with Gasteiger partial charge in [0.15, 0.2) is 0 Å². The van der Waals surface area contributed by atoms with Crippen molar-refractivity contribution >= 4 is 5.96 Å². The minimum absolute atomic E-state index is 0.548. The molecule has 0 heterocycles. The summed E-state index contributed by atoms with van der Waals surface area (Å²) in [5, 5.41) is 3.42. The number of aliphatic imine (C=N–C) groups is 1. The molecule has 0 unspecified atom stereocenters. The standard InChI is InChI=1S/C14H31N5/c1-3-19(4-2)12-8-11-16-14(18-15)17-13-9-6-5-7-10-13/h13H,3-12,15H2,1-2H3,(H2,16,17,18). The van der Waals surface area contributed by atoms with Crippen LogP contribution in [0.15, 0.2) is 4.99 Å². The maximum Gasteiger partial charge on any atom is 0.205 e. The van der Waals surface area contributed by atoms with Crippen LogP contribution >= 0.6 is 0 Å². The van der Waals surface area contributed by atoms with Crippen molar-refractivity contribution in [1.29, 1.82) is 0 Å². The third kappa shape index (κ3) is 6.78. The summed E-state index contributed by atoms with van der Waals surface area (Å²) < 4.78 is 0. The first-order chi connectivity index (χ1) is 9.30. The molecule has 1 rings (SSSR count). The molecule has 4 N–H and O–H groups in total. The van der Waals surface area contributed by atoms with Crippen molar-refractivity contribution in [2.75, 3.05) is 26.2 Å². The Hall–Kier alpha value is -0.810. The first kappa shape index (κ1) is 16.2. The van der Waals surface area contributed by atoms with E-state index in [0.29, 0.717) is 6.04 Å². The smallest absolute Gasteiger partial charge is 0.205 e. The van der Waals surface area contributed by atoms with Gasteiger partial charge in [-0.05, 0) is 38.9 Å². The fourth-order valence-electron chi connectivity index (χ4n) is 2.60. The predicted octanol–water partition coefficient (Wildman–Crippen LogP) is 1.46. The van der Waals surface area contributed by atoms with Gasteiger partial charge in [-0.2, -0.15) is 0 Å². The highest BCUT2D eigenvalue weighted by molar-refractivity contribution is 5.79. The molecule has 5 nitrogen and oxygen atoms in total. The molecular weight excluding hydrogens is 238 g/mol. The van der Waals surface area contributed by atoms with Crippen molar-refractivity contribution < 1.29 is 0 Å². The van der Waals surface area contributed by atoms with Gasteiger partial charge in [0.1, 0.15) is 0 Å². The summed E-state index contributed by atoms with van der Waals surface area (Å²) >= 11 is 0. The molecule has 0 amide bonds. The highest BCUT2D eigenvalue weighted by Crippen LogP contribution is 2.17. The Bertz CT molecular complexity index is 244. The van der Waals surface area contributed by atoms with E-state index in [1.807, 2.05) is 0 Å². The number of nitrogens with zero attached hydrogens (tertiary/aromatic N) is 2. The largest absolute Gasteiger partial charge is 0.353 e. The van der Waals surface area contributed by atoms with Crippen molar-refractivity contribution in [3.05, 3.63) is 0 Å². The molecule has 1 aliphatic carbocycles. The van der Waals surface area contributed by atoms with E-state index >= 15 is 0 Å². The second-order valence-corrected chi connectivity index (χ2v) is 5.23. The highest BCUT2D eigenvalue weighted by Gasteiger charge is 2.13. The number of hydrogen-bond acceptors (Lipinski definition) is 3. The van der Waals surface area contributed by atoms with Crippen LogP contribution in [0.25, 0.3) is 0 Å². The summed E-state index contributed by atoms with van der Waals surface area (Å²) in [5.74, 6) is 6.29. The van der Waals surface area contributed by atoms with Crippen LogP contribution in [-0.2, 0) is 0 Å². The van der Waals surface area contributed by atoms with Gasteiger partial charge >= 0.3 is 0 Å². The molecular formula is C14H31N5. The van der Waals surface area contributed by atoms with Crippen LogP contribution in [0.5, 0.6) is 0 Å². The Kier molecular flexibility index (Phi) is 8.58. The van der Waals surface area contributed by atoms with E-state index in [0.717, 1.165) is 38.6 Å². The average molecular weight is 269 g/mol. The molecule has 1 aliphatic rings. The monoisotopic (exact) mass is 269 g/mol. The molecule has 0 bridgehead atoms. The number of guanidine groups is 1. The van der Waals surface area contributed by atoms with Gasteiger partial charge in [0.05, 0.1) is 0 Å². The summed E-state index contributed by atoms with van der Waals surface area (Å²) in [6.07, 6.45) is 7.55. The molecule has 0 aromatic carbocycles. The number of hydrazine groups is 1. The molecule has 0 aromatic heterocycles. The maximum atomic E-state index is 5.53. The van der Waals surface area contributed by atoms with Gasteiger partial charge in [0.2, 0.25) is 5.96 Å². The van der Waals surface area contributed by atoms with Crippen LogP contribution < -0.4 is 16.6 Å². The SMILES string of the molecule is CCN(CC)CCCN=C(NN)NC1CCCCC1. The van der Waals surface area contributed by atoms with E-state index in [4.69, 9.17) is 5.84 Å². The Labute approximate surface area is 118 Å². The summed E-state index contributed by atoms with van der Waals surface area (Å²) in [5.41, 5.74) is 2.69. The lowest BCUT2D eigenvalue weighted by Crippen LogP contribution is -2.47. The van der Waals surface area contributed by atoms with Crippen LogP contribution in [0.1, 0.15) is 52.4 Å². The zero-order valence-corrected chi connectivity index (χ0v) is 12.6.